The van der Waals surface area contributed by atoms with E-state index in [1.165, 1.54) is 10.7 Å². The second-order valence-corrected chi connectivity index (χ2v) is 4.60. The molecule has 0 unspecified atom stereocenters. The van der Waals surface area contributed by atoms with Gasteiger partial charge in [0.2, 0.25) is 5.91 Å². The maximum atomic E-state index is 12.1. The zero-order chi connectivity index (χ0) is 13.3. The average molecular weight is 248 g/mol. The van der Waals surface area contributed by atoms with Gasteiger partial charge in [-0.3, -0.25) is 14.7 Å². The van der Waals surface area contributed by atoms with Crippen LogP contribution >= 0.6 is 0 Å². The van der Waals surface area contributed by atoms with E-state index in [4.69, 9.17) is 0 Å². The number of rotatable bonds is 3. The molecule has 0 fully saturated rings. The van der Waals surface area contributed by atoms with Gasteiger partial charge >= 0.3 is 0 Å². The van der Waals surface area contributed by atoms with E-state index in [9.17, 15) is 9.59 Å². The number of aromatic nitrogens is 3. The van der Waals surface area contributed by atoms with Crippen molar-refractivity contribution in [3.8, 4) is 0 Å². The van der Waals surface area contributed by atoms with Gasteiger partial charge in [-0.2, -0.15) is 5.10 Å². The van der Waals surface area contributed by atoms with Crippen LogP contribution in [0.4, 0.5) is 0 Å². The van der Waals surface area contributed by atoms with Crippen molar-refractivity contribution in [2.45, 2.75) is 27.3 Å². The zero-order valence-electron chi connectivity index (χ0n) is 10.7. The van der Waals surface area contributed by atoms with Crippen molar-refractivity contribution in [3.05, 3.63) is 33.9 Å². The molecule has 0 aliphatic carbocycles. The number of nitrogens with zero attached hydrogens (tertiary/aromatic N) is 2. The summed E-state index contributed by atoms with van der Waals surface area (Å²) in [6, 6.07) is 1.84. The first-order chi connectivity index (χ1) is 8.50. The van der Waals surface area contributed by atoms with Crippen molar-refractivity contribution >= 4 is 11.6 Å². The van der Waals surface area contributed by atoms with Crippen molar-refractivity contribution in [2.75, 3.05) is 0 Å². The molecule has 0 saturated carbocycles. The van der Waals surface area contributed by atoms with Crippen molar-refractivity contribution in [2.24, 2.45) is 5.92 Å². The molecule has 2 rings (SSSR count). The molecule has 2 aromatic rings. The summed E-state index contributed by atoms with van der Waals surface area (Å²) in [5.41, 5.74) is 1.93. The average Bonchev–Trinajstić information content (AvgIpc) is 2.76. The van der Waals surface area contributed by atoms with E-state index in [0.717, 1.165) is 5.56 Å². The van der Waals surface area contributed by atoms with Crippen molar-refractivity contribution in [1.29, 1.82) is 0 Å². The number of H-pyrrole nitrogens is 1. The summed E-state index contributed by atoms with van der Waals surface area (Å²) < 4.78 is 1.43. The SMILES string of the molecule is Cc1cc2[nH]ncn2c(=O)c1CNC(=O)C(C)C. The van der Waals surface area contributed by atoms with Crippen molar-refractivity contribution < 1.29 is 4.79 Å². The highest BCUT2D eigenvalue weighted by Gasteiger charge is 2.11. The molecule has 6 nitrogen and oxygen atoms in total. The second-order valence-electron chi connectivity index (χ2n) is 4.60. The highest BCUT2D eigenvalue weighted by Crippen LogP contribution is 2.06. The molecule has 2 N–H and O–H groups in total. The van der Waals surface area contributed by atoms with Gasteiger partial charge in [-0.05, 0) is 18.6 Å². The van der Waals surface area contributed by atoms with E-state index in [-0.39, 0.29) is 23.9 Å². The van der Waals surface area contributed by atoms with Gasteiger partial charge in [-0.25, -0.2) is 4.40 Å². The number of hydrogen-bond donors (Lipinski definition) is 2. The van der Waals surface area contributed by atoms with Crippen LogP contribution in [0.3, 0.4) is 0 Å². The van der Waals surface area contributed by atoms with Crippen LogP contribution in [0.25, 0.3) is 5.65 Å². The van der Waals surface area contributed by atoms with Gasteiger partial charge in [0.05, 0.1) is 0 Å². The first kappa shape index (κ1) is 12.3. The van der Waals surface area contributed by atoms with Crippen molar-refractivity contribution in [3.63, 3.8) is 0 Å². The minimum Gasteiger partial charge on any atom is -0.352 e. The lowest BCUT2D eigenvalue weighted by molar-refractivity contribution is -0.124. The van der Waals surface area contributed by atoms with Gasteiger partial charge in [0.1, 0.15) is 12.0 Å². The number of aromatic amines is 1. The second kappa shape index (κ2) is 4.64. The summed E-state index contributed by atoms with van der Waals surface area (Å²) >= 11 is 0. The number of fused-ring (bicyclic) bond motifs is 1. The Morgan fingerprint density at radius 3 is 2.94 bits per heavy atom. The molecule has 0 spiro atoms. The van der Waals surface area contributed by atoms with Crippen LogP contribution in [0.1, 0.15) is 25.0 Å². The van der Waals surface area contributed by atoms with Gasteiger partial charge in [0.15, 0.2) is 0 Å². The molecule has 1 amide bonds. The fraction of sp³-hybridized carbons (Fsp3) is 0.417. The minimum absolute atomic E-state index is 0.0638. The maximum Gasteiger partial charge on any atom is 0.262 e. The molecule has 0 aliphatic rings. The van der Waals surface area contributed by atoms with E-state index in [0.29, 0.717) is 11.2 Å². The van der Waals surface area contributed by atoms with Crippen LogP contribution in [0.15, 0.2) is 17.2 Å². The highest BCUT2D eigenvalue weighted by atomic mass is 16.2. The zero-order valence-corrected chi connectivity index (χ0v) is 10.7. The number of amides is 1. The third-order valence-corrected chi connectivity index (χ3v) is 2.88. The number of carbonyl (C=O) groups excluding carboxylic acids is 1. The Morgan fingerprint density at radius 2 is 2.28 bits per heavy atom. The molecule has 0 atom stereocenters. The number of nitrogens with one attached hydrogen (secondary N) is 2. The van der Waals surface area contributed by atoms with E-state index < -0.39 is 0 Å². The summed E-state index contributed by atoms with van der Waals surface area (Å²) in [6.45, 7) is 5.72. The number of hydrogen-bond acceptors (Lipinski definition) is 3. The monoisotopic (exact) mass is 248 g/mol. The predicted molar refractivity (Wildman–Crippen MR) is 67.2 cm³/mol. The fourth-order valence-corrected chi connectivity index (χ4v) is 1.73. The minimum atomic E-state index is -0.150. The summed E-state index contributed by atoms with van der Waals surface area (Å²) in [5, 5.41) is 9.31. The molecule has 0 aromatic carbocycles. The molecule has 2 aromatic heterocycles. The Morgan fingerprint density at radius 1 is 1.56 bits per heavy atom. The van der Waals surface area contributed by atoms with E-state index in [1.54, 1.807) is 0 Å². The van der Waals surface area contributed by atoms with Crippen LogP contribution in [0.2, 0.25) is 0 Å². The Bertz CT molecular complexity index is 639. The Labute approximate surface area is 104 Å². The first-order valence-electron chi connectivity index (χ1n) is 5.82. The van der Waals surface area contributed by atoms with E-state index in [1.807, 2.05) is 26.8 Å². The van der Waals surface area contributed by atoms with Crippen LogP contribution in [-0.2, 0) is 11.3 Å². The van der Waals surface area contributed by atoms with Crippen LogP contribution < -0.4 is 10.9 Å². The number of pyridine rings is 1. The third kappa shape index (κ3) is 2.13. The Balaban J connectivity index is 2.33. The Kier molecular flexibility index (Phi) is 3.18. The predicted octanol–water partition coefficient (Wildman–Crippen LogP) is 0.603. The largest absolute Gasteiger partial charge is 0.352 e. The van der Waals surface area contributed by atoms with Gasteiger partial charge in [0, 0.05) is 18.0 Å². The van der Waals surface area contributed by atoms with Gasteiger partial charge in [-0.1, -0.05) is 13.8 Å². The lowest BCUT2D eigenvalue weighted by Crippen LogP contribution is -2.31. The summed E-state index contributed by atoms with van der Waals surface area (Å²) in [5.74, 6) is -0.156. The van der Waals surface area contributed by atoms with Gasteiger partial charge in [0.25, 0.3) is 5.56 Å². The van der Waals surface area contributed by atoms with E-state index >= 15 is 0 Å². The summed E-state index contributed by atoms with van der Waals surface area (Å²) in [4.78, 5) is 23.7. The fourth-order valence-electron chi connectivity index (χ4n) is 1.73. The van der Waals surface area contributed by atoms with E-state index in [2.05, 4.69) is 15.5 Å². The topological polar surface area (TPSA) is 79.3 Å². The quantitative estimate of drug-likeness (QED) is 0.835. The van der Waals surface area contributed by atoms with Crippen LogP contribution in [0, 0.1) is 12.8 Å². The summed E-state index contributed by atoms with van der Waals surface area (Å²) in [7, 11) is 0. The molecule has 6 heteroatoms. The molecule has 2 heterocycles. The first-order valence-corrected chi connectivity index (χ1v) is 5.82. The standard InChI is InChI=1S/C12H16N4O2/c1-7(2)11(17)13-5-9-8(3)4-10-15-14-6-16(10)12(9)18/h4,6-7,15H,5H2,1-3H3,(H,13,17). The molecular weight excluding hydrogens is 232 g/mol. The molecule has 0 radical (unpaired) electrons. The molecule has 0 aliphatic heterocycles. The maximum absolute atomic E-state index is 12.1. The molecule has 96 valence electrons. The molecule has 18 heavy (non-hydrogen) atoms. The van der Waals surface area contributed by atoms with Crippen LogP contribution in [-0.4, -0.2) is 20.5 Å². The van der Waals surface area contributed by atoms with Gasteiger partial charge in [-0.15, -0.1) is 0 Å². The number of carbonyl (C=O) groups is 1. The highest BCUT2D eigenvalue weighted by molar-refractivity contribution is 5.77. The smallest absolute Gasteiger partial charge is 0.262 e. The molecular formula is C12H16N4O2. The molecule has 0 saturated heterocycles. The van der Waals surface area contributed by atoms with Crippen molar-refractivity contribution in [1.82, 2.24) is 19.9 Å². The Hall–Kier alpha value is -2.11. The van der Waals surface area contributed by atoms with Crippen LogP contribution in [0.5, 0.6) is 0 Å². The normalized spacial score (nSPS) is 11.1. The number of aryl methyl sites for hydroxylation is 1. The third-order valence-electron chi connectivity index (χ3n) is 2.88. The lowest BCUT2D eigenvalue weighted by Gasteiger charge is -2.09. The summed E-state index contributed by atoms with van der Waals surface area (Å²) in [6.07, 6.45) is 1.44. The molecule has 0 bridgehead atoms. The lowest BCUT2D eigenvalue weighted by atomic mass is 10.1. The van der Waals surface area contributed by atoms with Gasteiger partial charge < -0.3 is 5.32 Å².